The van der Waals surface area contributed by atoms with E-state index < -0.39 is 0 Å². The smallest absolute Gasteiger partial charge is 0.233 e. The largest absolute Gasteiger partial charge is 0.341 e. The molecule has 0 aliphatic carbocycles. The number of fused-ring (bicyclic) bond motifs is 1. The Labute approximate surface area is 115 Å². The third-order valence-corrected chi connectivity index (χ3v) is 3.15. The highest BCUT2D eigenvalue weighted by Gasteiger charge is 2.13. The lowest BCUT2D eigenvalue weighted by Crippen LogP contribution is -2.22. The van der Waals surface area contributed by atoms with Crippen LogP contribution in [-0.4, -0.2) is 32.4 Å². The Hall–Kier alpha value is -1.73. The number of carbonyl (C=O) groups excluding carboxylic acids is 1. The summed E-state index contributed by atoms with van der Waals surface area (Å²) >= 11 is 5.95. The molecule has 0 aliphatic heterocycles. The number of amides is 1. The van der Waals surface area contributed by atoms with Gasteiger partial charge in [0.1, 0.15) is 5.52 Å². The molecular formula is C11H15ClN6O. The number of aromatic amines is 1. The second-order valence-electron chi connectivity index (χ2n) is 4.20. The quantitative estimate of drug-likeness (QED) is 0.717. The fourth-order valence-electron chi connectivity index (χ4n) is 1.69. The number of H-pyrrole nitrogens is 1. The zero-order valence-electron chi connectivity index (χ0n) is 10.5. The number of nitrogens with one attached hydrogen (secondary N) is 2. The molecule has 0 bridgehead atoms. The lowest BCUT2D eigenvalue weighted by Gasteiger charge is -2.11. The molecule has 0 saturated heterocycles. The van der Waals surface area contributed by atoms with Gasteiger partial charge in [0.25, 0.3) is 0 Å². The molecule has 7 nitrogen and oxygen atoms in total. The van der Waals surface area contributed by atoms with Gasteiger partial charge in [-0.15, -0.1) is 0 Å². The van der Waals surface area contributed by atoms with Crippen LogP contribution in [0.5, 0.6) is 0 Å². The molecule has 2 aromatic rings. The Morgan fingerprint density at radius 3 is 3.05 bits per heavy atom. The van der Waals surface area contributed by atoms with Crippen LogP contribution < -0.4 is 11.1 Å². The van der Waals surface area contributed by atoms with Crippen molar-refractivity contribution >= 4 is 34.6 Å². The average molecular weight is 283 g/mol. The van der Waals surface area contributed by atoms with Crippen LogP contribution in [0.2, 0.25) is 5.15 Å². The second kappa shape index (κ2) is 5.94. The molecule has 4 N–H and O–H groups in total. The van der Waals surface area contributed by atoms with Crippen LogP contribution in [0.25, 0.3) is 11.2 Å². The number of nitrogens with zero attached hydrogens (tertiary/aromatic N) is 3. The van der Waals surface area contributed by atoms with E-state index in [2.05, 4.69) is 25.3 Å². The van der Waals surface area contributed by atoms with Crippen molar-refractivity contribution in [1.29, 1.82) is 0 Å². The maximum Gasteiger partial charge on any atom is 0.233 e. The topological polar surface area (TPSA) is 110 Å². The SMILES string of the molecule is CCC(CN)CC(=O)Nc1nc(Cl)c2[nH]cnc2n1. The van der Waals surface area contributed by atoms with Crippen molar-refractivity contribution < 1.29 is 4.79 Å². The first kappa shape index (κ1) is 13.7. The number of halogens is 1. The Morgan fingerprint density at radius 2 is 2.37 bits per heavy atom. The number of rotatable bonds is 5. The summed E-state index contributed by atoms with van der Waals surface area (Å²) in [5, 5.41) is 2.83. The minimum atomic E-state index is -0.178. The molecule has 2 rings (SSSR count). The van der Waals surface area contributed by atoms with Gasteiger partial charge < -0.3 is 10.7 Å². The maximum absolute atomic E-state index is 11.8. The molecule has 0 spiro atoms. The second-order valence-corrected chi connectivity index (χ2v) is 4.56. The number of hydrogen-bond acceptors (Lipinski definition) is 5. The first-order valence-electron chi connectivity index (χ1n) is 6.00. The molecule has 0 radical (unpaired) electrons. The van der Waals surface area contributed by atoms with Gasteiger partial charge in [-0.25, -0.2) is 4.98 Å². The summed E-state index contributed by atoms with van der Waals surface area (Å²) in [6.45, 7) is 2.47. The van der Waals surface area contributed by atoms with Crippen LogP contribution in [0.4, 0.5) is 5.95 Å². The number of nitrogens with two attached hydrogens (primary N) is 1. The minimum absolute atomic E-state index is 0.154. The van der Waals surface area contributed by atoms with Crippen molar-refractivity contribution in [2.24, 2.45) is 11.7 Å². The van der Waals surface area contributed by atoms with Gasteiger partial charge in [-0.2, -0.15) is 9.97 Å². The summed E-state index contributed by atoms with van der Waals surface area (Å²) in [6, 6.07) is 0. The van der Waals surface area contributed by atoms with Crippen LogP contribution >= 0.6 is 11.6 Å². The van der Waals surface area contributed by atoms with E-state index in [4.69, 9.17) is 17.3 Å². The number of aromatic nitrogens is 4. The molecule has 0 aliphatic rings. The molecule has 2 aromatic heterocycles. The Balaban J connectivity index is 2.10. The van der Waals surface area contributed by atoms with Gasteiger partial charge in [0.2, 0.25) is 11.9 Å². The van der Waals surface area contributed by atoms with E-state index >= 15 is 0 Å². The minimum Gasteiger partial charge on any atom is -0.341 e. The first-order chi connectivity index (χ1) is 9.13. The van der Waals surface area contributed by atoms with Crippen LogP contribution in [0.15, 0.2) is 6.33 Å². The van der Waals surface area contributed by atoms with Gasteiger partial charge in [0, 0.05) is 6.42 Å². The van der Waals surface area contributed by atoms with Crippen molar-refractivity contribution in [1.82, 2.24) is 19.9 Å². The molecule has 0 saturated carbocycles. The van der Waals surface area contributed by atoms with Crippen molar-refractivity contribution in [3.05, 3.63) is 11.5 Å². The Bertz CT molecular complexity index is 580. The number of imidazole rings is 1. The van der Waals surface area contributed by atoms with E-state index in [-0.39, 0.29) is 22.9 Å². The highest BCUT2D eigenvalue weighted by molar-refractivity contribution is 6.33. The lowest BCUT2D eigenvalue weighted by atomic mass is 10.0. The van der Waals surface area contributed by atoms with Gasteiger partial charge >= 0.3 is 0 Å². The summed E-state index contributed by atoms with van der Waals surface area (Å²) < 4.78 is 0. The van der Waals surface area contributed by atoms with Gasteiger partial charge in [-0.3, -0.25) is 10.1 Å². The molecule has 2 heterocycles. The monoisotopic (exact) mass is 282 g/mol. The highest BCUT2D eigenvalue weighted by Crippen LogP contribution is 2.18. The zero-order chi connectivity index (χ0) is 13.8. The van der Waals surface area contributed by atoms with Gasteiger partial charge in [-0.1, -0.05) is 24.9 Å². The van der Waals surface area contributed by atoms with Gasteiger partial charge in [0.15, 0.2) is 10.8 Å². The average Bonchev–Trinajstić information content (AvgIpc) is 2.84. The molecular weight excluding hydrogens is 268 g/mol. The maximum atomic E-state index is 11.8. The van der Waals surface area contributed by atoms with Crippen LogP contribution in [0.1, 0.15) is 19.8 Å². The van der Waals surface area contributed by atoms with Crippen molar-refractivity contribution in [2.75, 3.05) is 11.9 Å². The number of anilines is 1. The zero-order valence-corrected chi connectivity index (χ0v) is 11.2. The summed E-state index contributed by atoms with van der Waals surface area (Å²) in [7, 11) is 0. The van der Waals surface area contributed by atoms with Crippen molar-refractivity contribution in [3.63, 3.8) is 0 Å². The normalized spacial score (nSPS) is 12.6. The summed E-state index contributed by atoms with van der Waals surface area (Å²) in [5.41, 5.74) is 6.53. The van der Waals surface area contributed by atoms with E-state index in [0.29, 0.717) is 24.1 Å². The molecule has 1 amide bonds. The fraction of sp³-hybridized carbons (Fsp3) is 0.455. The van der Waals surface area contributed by atoms with Crippen molar-refractivity contribution in [2.45, 2.75) is 19.8 Å². The highest BCUT2D eigenvalue weighted by atomic mass is 35.5. The van der Waals surface area contributed by atoms with Gasteiger partial charge in [-0.05, 0) is 12.5 Å². The van der Waals surface area contributed by atoms with Crippen LogP contribution in [0, 0.1) is 5.92 Å². The lowest BCUT2D eigenvalue weighted by molar-refractivity contribution is -0.117. The van der Waals surface area contributed by atoms with E-state index in [1.807, 2.05) is 6.92 Å². The van der Waals surface area contributed by atoms with E-state index in [0.717, 1.165) is 6.42 Å². The Morgan fingerprint density at radius 1 is 1.58 bits per heavy atom. The summed E-state index contributed by atoms with van der Waals surface area (Å²) in [6.07, 6.45) is 2.66. The van der Waals surface area contributed by atoms with E-state index in [1.165, 1.54) is 6.33 Å². The van der Waals surface area contributed by atoms with Gasteiger partial charge in [0.05, 0.1) is 6.33 Å². The molecule has 1 unspecified atom stereocenters. The molecule has 102 valence electrons. The molecule has 1 atom stereocenters. The van der Waals surface area contributed by atoms with Crippen LogP contribution in [-0.2, 0) is 4.79 Å². The van der Waals surface area contributed by atoms with Crippen molar-refractivity contribution in [3.8, 4) is 0 Å². The third-order valence-electron chi connectivity index (χ3n) is 2.88. The third kappa shape index (κ3) is 3.18. The first-order valence-corrected chi connectivity index (χ1v) is 6.38. The molecule has 8 heteroatoms. The summed E-state index contributed by atoms with van der Waals surface area (Å²) in [5.74, 6) is 0.134. The fourth-order valence-corrected chi connectivity index (χ4v) is 1.91. The molecule has 0 aromatic carbocycles. The van der Waals surface area contributed by atoms with Crippen LogP contribution in [0.3, 0.4) is 0 Å². The summed E-state index contributed by atoms with van der Waals surface area (Å²) in [4.78, 5) is 26.7. The predicted octanol–water partition coefficient (Wildman–Crippen LogP) is 1.32. The Kier molecular flexibility index (Phi) is 4.28. The number of hydrogen-bond donors (Lipinski definition) is 3. The van der Waals surface area contributed by atoms with E-state index in [9.17, 15) is 4.79 Å². The standard InChI is InChI=1S/C11H15ClN6O/c1-2-6(4-13)3-7(19)16-11-17-9(12)8-10(18-11)15-5-14-8/h5-6H,2-4,13H2,1H3,(H2,14,15,16,17,18,19). The van der Waals surface area contributed by atoms with E-state index in [1.54, 1.807) is 0 Å². The number of carbonyl (C=O) groups is 1. The molecule has 19 heavy (non-hydrogen) atoms. The predicted molar refractivity (Wildman–Crippen MR) is 72.8 cm³/mol. The molecule has 0 fully saturated rings.